The van der Waals surface area contributed by atoms with Gasteiger partial charge in [-0.05, 0) is 42.3 Å². The van der Waals surface area contributed by atoms with Crippen molar-refractivity contribution in [2.45, 2.75) is 6.92 Å². The fourth-order valence-electron chi connectivity index (χ4n) is 2.63. The summed E-state index contributed by atoms with van der Waals surface area (Å²) in [5.41, 5.74) is 1.72. The number of hydrogen-bond donors (Lipinski definition) is 1. The zero-order valence-corrected chi connectivity index (χ0v) is 17.6. The first-order valence-electron chi connectivity index (χ1n) is 9.07. The highest BCUT2D eigenvalue weighted by Gasteiger charge is 2.21. The second kappa shape index (κ2) is 9.88. The fourth-order valence-corrected chi connectivity index (χ4v) is 3.81. The number of amides is 1. The Morgan fingerprint density at radius 2 is 1.87 bits per heavy atom. The Morgan fingerprint density at radius 3 is 2.50 bits per heavy atom. The molecule has 0 aliphatic carbocycles. The summed E-state index contributed by atoms with van der Waals surface area (Å²) in [4.78, 5) is 25.9. The predicted molar refractivity (Wildman–Crippen MR) is 119 cm³/mol. The lowest BCUT2D eigenvalue weighted by atomic mass is 10.1. The van der Waals surface area contributed by atoms with Crippen LogP contribution in [0.15, 0.2) is 66.2 Å². The van der Waals surface area contributed by atoms with E-state index in [0.29, 0.717) is 15.6 Å². The van der Waals surface area contributed by atoms with E-state index < -0.39 is 11.9 Å². The number of esters is 1. The maximum atomic E-state index is 12.7. The van der Waals surface area contributed by atoms with Crippen LogP contribution in [0.5, 0.6) is 0 Å². The van der Waals surface area contributed by atoms with Crippen molar-refractivity contribution in [2.75, 3.05) is 11.9 Å². The van der Waals surface area contributed by atoms with Crippen molar-refractivity contribution >= 4 is 45.9 Å². The highest BCUT2D eigenvalue weighted by atomic mass is 35.5. The zero-order valence-electron chi connectivity index (χ0n) is 16.0. The third kappa shape index (κ3) is 5.15. The Labute approximate surface area is 183 Å². The van der Waals surface area contributed by atoms with Crippen LogP contribution in [-0.4, -0.2) is 18.5 Å². The molecule has 30 heavy (non-hydrogen) atoms. The molecule has 1 N–H and O–H groups in total. The molecule has 0 atom stereocenters. The maximum absolute atomic E-state index is 12.7. The van der Waals surface area contributed by atoms with Gasteiger partial charge in [0, 0.05) is 9.90 Å². The molecular formula is C23H17ClN2O3S. The number of benzene rings is 2. The van der Waals surface area contributed by atoms with Gasteiger partial charge in [-0.2, -0.15) is 5.26 Å². The van der Waals surface area contributed by atoms with E-state index in [9.17, 15) is 14.9 Å². The molecule has 0 saturated carbocycles. The summed E-state index contributed by atoms with van der Waals surface area (Å²) in [7, 11) is 0. The molecule has 1 aromatic heterocycles. The highest BCUT2D eigenvalue weighted by Crippen LogP contribution is 2.36. The lowest BCUT2D eigenvalue weighted by molar-refractivity contribution is -0.112. The van der Waals surface area contributed by atoms with Gasteiger partial charge >= 0.3 is 5.97 Å². The number of thiophene rings is 1. The zero-order chi connectivity index (χ0) is 21.5. The quantitative estimate of drug-likeness (QED) is 0.301. The molecular weight excluding hydrogens is 420 g/mol. The minimum atomic E-state index is -0.612. The number of carbonyl (C=O) groups is 2. The molecule has 0 aliphatic heterocycles. The number of hydrogen-bond acceptors (Lipinski definition) is 5. The standard InChI is InChI=1S/C23H17ClN2O3S/c1-2-29-23(28)19-13-20(16-6-4-3-5-7-16)30-22(19)26-21(27)17(14-25)12-15-8-10-18(24)11-9-15/h3-13H,2H2,1H3,(H,26,27). The lowest BCUT2D eigenvalue weighted by Gasteiger charge is -2.05. The van der Waals surface area contributed by atoms with Crippen molar-refractivity contribution in [3.8, 4) is 16.5 Å². The fraction of sp³-hybridized carbons (Fsp3) is 0.0870. The summed E-state index contributed by atoms with van der Waals surface area (Å²) >= 11 is 7.11. The van der Waals surface area contributed by atoms with E-state index in [-0.39, 0.29) is 17.7 Å². The second-order valence-corrected chi connectivity index (χ2v) is 7.60. The van der Waals surface area contributed by atoms with Gasteiger partial charge in [-0.1, -0.05) is 54.1 Å². The first kappa shape index (κ1) is 21.3. The SMILES string of the molecule is CCOC(=O)c1cc(-c2ccccc2)sc1NC(=O)C(C#N)=Cc1ccc(Cl)cc1. The van der Waals surface area contributed by atoms with Crippen molar-refractivity contribution in [3.63, 3.8) is 0 Å². The predicted octanol–water partition coefficient (Wildman–Crippen LogP) is 5.79. The number of nitrogens with zero attached hydrogens (tertiary/aromatic N) is 1. The molecule has 3 aromatic rings. The van der Waals surface area contributed by atoms with Crippen LogP contribution in [0.1, 0.15) is 22.8 Å². The van der Waals surface area contributed by atoms with Gasteiger partial charge in [0.1, 0.15) is 16.6 Å². The third-order valence-electron chi connectivity index (χ3n) is 4.06. The number of ether oxygens (including phenoxy) is 1. The normalized spacial score (nSPS) is 10.9. The van der Waals surface area contributed by atoms with E-state index in [1.807, 2.05) is 36.4 Å². The number of anilines is 1. The lowest BCUT2D eigenvalue weighted by Crippen LogP contribution is -2.15. The van der Waals surface area contributed by atoms with Gasteiger partial charge in [0.25, 0.3) is 5.91 Å². The Morgan fingerprint density at radius 1 is 1.17 bits per heavy atom. The van der Waals surface area contributed by atoms with Crippen LogP contribution in [0.2, 0.25) is 5.02 Å². The molecule has 0 saturated heterocycles. The Balaban J connectivity index is 1.92. The second-order valence-electron chi connectivity index (χ2n) is 6.12. The summed E-state index contributed by atoms with van der Waals surface area (Å²) in [5, 5.41) is 13.0. The van der Waals surface area contributed by atoms with Gasteiger partial charge in [0.05, 0.1) is 12.2 Å². The number of nitriles is 1. The first-order chi connectivity index (χ1) is 14.5. The third-order valence-corrected chi connectivity index (χ3v) is 5.41. The largest absolute Gasteiger partial charge is 0.462 e. The summed E-state index contributed by atoms with van der Waals surface area (Å²) in [6.45, 7) is 1.92. The van der Waals surface area contributed by atoms with Crippen molar-refractivity contribution in [1.29, 1.82) is 5.26 Å². The smallest absolute Gasteiger partial charge is 0.341 e. The van der Waals surface area contributed by atoms with Gasteiger partial charge in [-0.15, -0.1) is 11.3 Å². The van der Waals surface area contributed by atoms with Gasteiger partial charge < -0.3 is 10.1 Å². The van der Waals surface area contributed by atoms with Crippen molar-refractivity contribution in [2.24, 2.45) is 0 Å². The number of rotatable bonds is 6. The molecule has 0 aliphatic rings. The van der Waals surface area contributed by atoms with Gasteiger partial charge in [-0.3, -0.25) is 4.79 Å². The summed E-state index contributed by atoms with van der Waals surface area (Å²) in [5.74, 6) is -1.15. The van der Waals surface area contributed by atoms with Crippen molar-refractivity contribution in [1.82, 2.24) is 0 Å². The molecule has 0 unspecified atom stereocenters. The van der Waals surface area contributed by atoms with Crippen molar-refractivity contribution < 1.29 is 14.3 Å². The van der Waals surface area contributed by atoms with Gasteiger partial charge in [0.15, 0.2) is 0 Å². The highest BCUT2D eigenvalue weighted by molar-refractivity contribution is 7.20. The van der Waals surface area contributed by atoms with E-state index in [2.05, 4.69) is 5.32 Å². The van der Waals surface area contributed by atoms with E-state index in [1.165, 1.54) is 17.4 Å². The van der Waals surface area contributed by atoms with E-state index in [4.69, 9.17) is 16.3 Å². The summed E-state index contributed by atoms with van der Waals surface area (Å²) in [6.07, 6.45) is 1.46. The molecule has 0 bridgehead atoms. The topological polar surface area (TPSA) is 79.2 Å². The van der Waals surface area contributed by atoms with Crippen LogP contribution in [-0.2, 0) is 9.53 Å². The van der Waals surface area contributed by atoms with Crippen LogP contribution in [0.25, 0.3) is 16.5 Å². The minimum Gasteiger partial charge on any atom is -0.462 e. The van der Waals surface area contributed by atoms with Crippen LogP contribution in [0.4, 0.5) is 5.00 Å². The minimum absolute atomic E-state index is 0.0956. The Hall–Kier alpha value is -3.40. The van der Waals surface area contributed by atoms with Crippen LogP contribution in [0.3, 0.4) is 0 Å². The van der Waals surface area contributed by atoms with Crippen LogP contribution >= 0.6 is 22.9 Å². The van der Waals surface area contributed by atoms with Crippen LogP contribution in [0, 0.1) is 11.3 Å². The molecule has 5 nitrogen and oxygen atoms in total. The first-order valence-corrected chi connectivity index (χ1v) is 10.3. The van der Waals surface area contributed by atoms with E-state index >= 15 is 0 Å². The number of carbonyl (C=O) groups excluding carboxylic acids is 2. The molecule has 0 spiro atoms. The summed E-state index contributed by atoms with van der Waals surface area (Å²) in [6, 6.07) is 19.8. The number of halogens is 1. The monoisotopic (exact) mass is 436 g/mol. The molecule has 3 rings (SSSR count). The van der Waals surface area contributed by atoms with E-state index in [1.54, 1.807) is 37.3 Å². The molecule has 1 amide bonds. The molecule has 7 heteroatoms. The Kier molecular flexibility index (Phi) is 7.02. The van der Waals surface area contributed by atoms with Gasteiger partial charge in [0.2, 0.25) is 0 Å². The van der Waals surface area contributed by atoms with Gasteiger partial charge in [-0.25, -0.2) is 4.79 Å². The molecule has 0 fully saturated rings. The van der Waals surface area contributed by atoms with Crippen molar-refractivity contribution in [3.05, 3.63) is 82.4 Å². The maximum Gasteiger partial charge on any atom is 0.341 e. The van der Waals surface area contributed by atoms with E-state index in [0.717, 1.165) is 10.4 Å². The molecule has 2 aromatic carbocycles. The number of nitrogens with one attached hydrogen (secondary N) is 1. The molecule has 150 valence electrons. The average molecular weight is 437 g/mol. The summed E-state index contributed by atoms with van der Waals surface area (Å²) < 4.78 is 5.12. The molecule has 1 heterocycles. The Bertz CT molecular complexity index is 1130. The molecule has 0 radical (unpaired) electrons. The average Bonchev–Trinajstić information content (AvgIpc) is 3.18. The van der Waals surface area contributed by atoms with Crippen LogP contribution < -0.4 is 5.32 Å².